The molecule has 0 fully saturated rings. The molecule has 1 aliphatic rings. The predicted molar refractivity (Wildman–Crippen MR) is 68.2 cm³/mol. The number of aromatic nitrogens is 2. The highest BCUT2D eigenvalue weighted by molar-refractivity contribution is 6.29. The normalized spacial score (nSPS) is 13.1. The lowest BCUT2D eigenvalue weighted by atomic mass is 9.85. The van der Waals surface area contributed by atoms with Crippen LogP contribution in [0.1, 0.15) is 49.3 Å². The second kappa shape index (κ2) is 3.86. The van der Waals surface area contributed by atoms with E-state index >= 15 is 0 Å². The fourth-order valence-corrected chi connectivity index (χ4v) is 2.43. The summed E-state index contributed by atoms with van der Waals surface area (Å²) in [5.41, 5.74) is 0.326. The zero-order valence-electron chi connectivity index (χ0n) is 10.8. The number of hydrogen-bond donors (Lipinski definition) is 1. The molecule has 6 heteroatoms. The Kier molecular flexibility index (Phi) is 2.37. The van der Waals surface area contributed by atoms with Crippen LogP contribution in [0.4, 0.5) is 0 Å². The van der Waals surface area contributed by atoms with Crippen molar-refractivity contribution in [1.82, 2.24) is 9.78 Å². The molecule has 0 unspecified atom stereocenters. The van der Waals surface area contributed by atoms with Gasteiger partial charge in [0.1, 0.15) is 11.4 Å². The van der Waals surface area contributed by atoms with Crippen molar-refractivity contribution >= 4 is 17.3 Å². The first-order valence-electron chi connectivity index (χ1n) is 5.91. The van der Waals surface area contributed by atoms with Gasteiger partial charge in [-0.2, -0.15) is 5.10 Å². The minimum atomic E-state index is -0.497. The highest BCUT2D eigenvalue weighted by atomic mass is 16.3. The van der Waals surface area contributed by atoms with Gasteiger partial charge in [0.15, 0.2) is 5.78 Å². The average Bonchev–Trinajstić information content (AvgIpc) is 2.77. The standard InChI is InChI=1S/C14H10N2O4/c1-6(17)7-3-4-8-10(12(7)18)13(19)9-5-15-16(2)11(9)14(8)20/h3-5,18H,1-2H3. The van der Waals surface area contributed by atoms with Gasteiger partial charge in [-0.05, 0) is 19.1 Å². The summed E-state index contributed by atoms with van der Waals surface area (Å²) in [6, 6.07) is 2.74. The lowest BCUT2D eigenvalue weighted by molar-refractivity contribution is 0.0969. The second-order valence-corrected chi connectivity index (χ2v) is 4.63. The van der Waals surface area contributed by atoms with Gasteiger partial charge in [-0.25, -0.2) is 0 Å². The van der Waals surface area contributed by atoms with Gasteiger partial charge < -0.3 is 5.11 Å². The molecule has 0 bridgehead atoms. The Morgan fingerprint density at radius 1 is 1.20 bits per heavy atom. The fraction of sp³-hybridized carbons (Fsp3) is 0.143. The molecule has 0 saturated carbocycles. The van der Waals surface area contributed by atoms with Crippen molar-refractivity contribution in [2.45, 2.75) is 6.92 Å². The third-order valence-electron chi connectivity index (χ3n) is 3.43. The molecule has 1 N–H and O–H groups in total. The Labute approximate surface area is 113 Å². The number of ketones is 3. The number of Topliss-reactive ketones (excluding diaryl/α,β-unsaturated/α-hetero) is 1. The van der Waals surface area contributed by atoms with Crippen molar-refractivity contribution in [3.8, 4) is 5.75 Å². The number of phenols is 1. The molecule has 0 radical (unpaired) electrons. The van der Waals surface area contributed by atoms with Crippen LogP contribution in [0.15, 0.2) is 18.3 Å². The molecule has 0 spiro atoms. The summed E-state index contributed by atoms with van der Waals surface area (Å²) in [5, 5.41) is 14.0. The number of fused-ring (bicyclic) bond motifs is 2. The minimum Gasteiger partial charge on any atom is -0.506 e. The van der Waals surface area contributed by atoms with Crippen LogP contribution in [0.2, 0.25) is 0 Å². The van der Waals surface area contributed by atoms with Crippen molar-refractivity contribution in [3.63, 3.8) is 0 Å². The Morgan fingerprint density at radius 3 is 2.55 bits per heavy atom. The smallest absolute Gasteiger partial charge is 0.212 e. The number of aromatic hydroxyl groups is 1. The van der Waals surface area contributed by atoms with E-state index in [1.54, 1.807) is 7.05 Å². The van der Waals surface area contributed by atoms with E-state index in [0.717, 1.165) is 0 Å². The van der Waals surface area contributed by atoms with Crippen LogP contribution in [0.5, 0.6) is 5.75 Å². The summed E-state index contributed by atoms with van der Waals surface area (Å²) in [6.45, 7) is 1.28. The first-order chi connectivity index (χ1) is 9.43. The number of aryl methyl sites for hydroxylation is 1. The highest BCUT2D eigenvalue weighted by Crippen LogP contribution is 2.34. The topological polar surface area (TPSA) is 89.3 Å². The molecule has 0 aliphatic heterocycles. The lowest BCUT2D eigenvalue weighted by Gasteiger charge is -2.17. The zero-order valence-corrected chi connectivity index (χ0v) is 10.8. The van der Waals surface area contributed by atoms with Crippen LogP contribution in [0.3, 0.4) is 0 Å². The number of carbonyl (C=O) groups is 3. The molecular formula is C14H10N2O4. The maximum absolute atomic E-state index is 12.4. The van der Waals surface area contributed by atoms with Crippen molar-refractivity contribution in [3.05, 3.63) is 46.3 Å². The third-order valence-corrected chi connectivity index (χ3v) is 3.43. The molecule has 1 aliphatic carbocycles. The molecule has 3 rings (SSSR count). The quantitative estimate of drug-likeness (QED) is 0.669. The van der Waals surface area contributed by atoms with E-state index in [9.17, 15) is 19.5 Å². The Morgan fingerprint density at radius 2 is 1.90 bits per heavy atom. The van der Waals surface area contributed by atoms with Crippen molar-refractivity contribution in [2.75, 3.05) is 0 Å². The Hall–Kier alpha value is -2.76. The van der Waals surface area contributed by atoms with E-state index in [4.69, 9.17) is 0 Å². The number of rotatable bonds is 1. The van der Waals surface area contributed by atoms with Gasteiger partial charge in [-0.1, -0.05) is 0 Å². The van der Waals surface area contributed by atoms with E-state index in [0.29, 0.717) is 0 Å². The summed E-state index contributed by atoms with van der Waals surface area (Å²) < 4.78 is 1.33. The molecule has 0 saturated heterocycles. The van der Waals surface area contributed by atoms with Gasteiger partial charge in [0.2, 0.25) is 11.6 Å². The van der Waals surface area contributed by atoms with E-state index in [-0.39, 0.29) is 39.5 Å². The second-order valence-electron chi connectivity index (χ2n) is 4.63. The Balaban J connectivity index is 2.35. The van der Waals surface area contributed by atoms with Crippen molar-refractivity contribution in [1.29, 1.82) is 0 Å². The fourth-order valence-electron chi connectivity index (χ4n) is 2.43. The van der Waals surface area contributed by atoms with Crippen LogP contribution in [0.25, 0.3) is 0 Å². The summed E-state index contributed by atoms with van der Waals surface area (Å²) in [7, 11) is 1.57. The van der Waals surface area contributed by atoms with E-state index < -0.39 is 11.5 Å². The summed E-state index contributed by atoms with van der Waals surface area (Å²) in [5.74, 6) is -1.70. The third kappa shape index (κ3) is 1.38. The number of hydrogen-bond acceptors (Lipinski definition) is 5. The van der Waals surface area contributed by atoms with Crippen LogP contribution in [-0.2, 0) is 7.05 Å². The van der Waals surface area contributed by atoms with Crippen LogP contribution in [-0.4, -0.2) is 32.2 Å². The maximum Gasteiger partial charge on any atom is 0.212 e. The molecule has 0 atom stereocenters. The van der Waals surface area contributed by atoms with Crippen LogP contribution >= 0.6 is 0 Å². The predicted octanol–water partition coefficient (Wildman–Crippen LogP) is 1.10. The molecule has 2 aromatic rings. The molecule has 20 heavy (non-hydrogen) atoms. The molecular weight excluding hydrogens is 260 g/mol. The van der Waals surface area contributed by atoms with Gasteiger partial charge in [0.05, 0.1) is 22.9 Å². The van der Waals surface area contributed by atoms with Crippen molar-refractivity contribution in [2.24, 2.45) is 7.05 Å². The zero-order chi connectivity index (χ0) is 14.6. The molecule has 0 amide bonds. The molecule has 1 aromatic carbocycles. The van der Waals surface area contributed by atoms with Gasteiger partial charge in [-0.3, -0.25) is 19.1 Å². The largest absolute Gasteiger partial charge is 0.506 e. The van der Waals surface area contributed by atoms with Gasteiger partial charge in [0, 0.05) is 12.6 Å². The number of phenolic OH excluding ortho intramolecular Hbond substituents is 1. The van der Waals surface area contributed by atoms with Crippen LogP contribution < -0.4 is 0 Å². The monoisotopic (exact) mass is 270 g/mol. The average molecular weight is 270 g/mol. The molecule has 6 nitrogen and oxygen atoms in total. The SMILES string of the molecule is CC(=O)c1ccc2c(c1O)C(=O)c1cnn(C)c1C2=O. The van der Waals surface area contributed by atoms with E-state index in [2.05, 4.69) is 5.10 Å². The first kappa shape index (κ1) is 12.3. The number of benzene rings is 1. The van der Waals surface area contributed by atoms with E-state index in [1.807, 2.05) is 0 Å². The molecule has 100 valence electrons. The molecule has 1 heterocycles. The number of carbonyl (C=O) groups excluding carboxylic acids is 3. The van der Waals surface area contributed by atoms with Crippen LogP contribution in [0, 0.1) is 0 Å². The van der Waals surface area contributed by atoms with Crippen molar-refractivity contribution < 1.29 is 19.5 Å². The molecule has 1 aromatic heterocycles. The van der Waals surface area contributed by atoms with Gasteiger partial charge >= 0.3 is 0 Å². The summed E-state index contributed by atoms with van der Waals surface area (Å²) >= 11 is 0. The van der Waals surface area contributed by atoms with Gasteiger partial charge in [0.25, 0.3) is 0 Å². The summed E-state index contributed by atoms with van der Waals surface area (Å²) in [6.07, 6.45) is 1.29. The van der Waals surface area contributed by atoms with E-state index in [1.165, 1.54) is 29.9 Å². The van der Waals surface area contributed by atoms with Gasteiger partial charge in [-0.15, -0.1) is 0 Å². The minimum absolute atomic E-state index is 0.0252. The maximum atomic E-state index is 12.4. The summed E-state index contributed by atoms with van der Waals surface area (Å²) in [4.78, 5) is 36.2. The first-order valence-corrected chi connectivity index (χ1v) is 5.91. The Bertz CT molecular complexity index is 802. The number of nitrogens with zero attached hydrogens (tertiary/aromatic N) is 2. The lowest BCUT2D eigenvalue weighted by Crippen LogP contribution is -2.23. The highest BCUT2D eigenvalue weighted by Gasteiger charge is 2.35.